The molecular weight excluding hydrogens is 367 g/mol. The van der Waals surface area contributed by atoms with E-state index in [-0.39, 0.29) is 16.8 Å². The van der Waals surface area contributed by atoms with E-state index in [1.165, 1.54) is 0 Å². The molecule has 2 nitrogen and oxygen atoms in total. The van der Waals surface area contributed by atoms with Crippen molar-refractivity contribution in [2.45, 2.75) is 12.4 Å². The van der Waals surface area contributed by atoms with E-state index in [0.29, 0.717) is 0 Å². The fourth-order valence-electron chi connectivity index (χ4n) is 2.27. The maximum atomic E-state index is 14.5. The maximum Gasteiger partial charge on any atom is 0.416 e. The van der Waals surface area contributed by atoms with Gasteiger partial charge in [0, 0.05) is 11.1 Å². The van der Waals surface area contributed by atoms with Crippen LogP contribution in [0.2, 0.25) is 0 Å². The summed E-state index contributed by atoms with van der Waals surface area (Å²) in [6, 6.07) is 7.14. The largest absolute Gasteiger partial charge is 0.416 e. The number of hydrogen-bond donors (Lipinski definition) is 0. The average Bonchev–Trinajstić information content (AvgIpc) is 2.95. The molecule has 3 aromatic rings. The lowest BCUT2D eigenvalue weighted by Crippen LogP contribution is -2.04. The number of aromatic nitrogens is 1. The Balaban J connectivity index is 1.93. The Bertz CT molecular complexity index is 831. The summed E-state index contributed by atoms with van der Waals surface area (Å²) in [5.41, 5.74) is -2.11. The van der Waals surface area contributed by atoms with Gasteiger partial charge in [-0.05, 0) is 24.3 Å². The number of nitrogens with zero attached hydrogens (tertiary/aromatic N) is 1. The predicted octanol–water partition coefficient (Wildman–Crippen LogP) is 6.19. The quantitative estimate of drug-likeness (QED) is 0.500. The molecule has 0 unspecified atom stereocenters. The Morgan fingerprint density at radius 2 is 1.08 bits per heavy atom. The Labute approximate surface area is 141 Å². The van der Waals surface area contributed by atoms with Crippen LogP contribution >= 0.6 is 0 Å². The minimum absolute atomic E-state index is 0.0150. The molecule has 0 aliphatic heterocycles. The van der Waals surface area contributed by atoms with Crippen molar-refractivity contribution in [2.75, 3.05) is 0 Å². The number of halogens is 7. The van der Waals surface area contributed by atoms with Crippen LogP contribution in [0.15, 0.2) is 53.1 Å². The molecule has 0 fully saturated rings. The van der Waals surface area contributed by atoms with Crippen LogP contribution in [0.1, 0.15) is 11.1 Å². The van der Waals surface area contributed by atoms with Crippen LogP contribution in [0, 0.1) is 5.82 Å². The van der Waals surface area contributed by atoms with E-state index in [1.54, 1.807) is 0 Å². The van der Waals surface area contributed by atoms with Gasteiger partial charge in [0.25, 0.3) is 0 Å². The van der Waals surface area contributed by atoms with Crippen molar-refractivity contribution in [1.82, 2.24) is 5.16 Å². The van der Waals surface area contributed by atoms with E-state index in [2.05, 4.69) is 5.16 Å². The molecule has 0 bridgehead atoms. The summed E-state index contributed by atoms with van der Waals surface area (Å²) in [6.45, 7) is 0. The summed E-state index contributed by atoms with van der Waals surface area (Å²) in [7, 11) is 0. The number of alkyl halides is 6. The van der Waals surface area contributed by atoms with Gasteiger partial charge in [-0.1, -0.05) is 29.4 Å². The van der Waals surface area contributed by atoms with Crippen LogP contribution in [0.4, 0.5) is 30.7 Å². The second-order valence-electron chi connectivity index (χ2n) is 5.32. The highest BCUT2D eigenvalue weighted by atomic mass is 19.4. The Morgan fingerprint density at radius 3 is 1.50 bits per heavy atom. The lowest BCUT2D eigenvalue weighted by Gasteiger charge is -2.06. The summed E-state index contributed by atoms with van der Waals surface area (Å²) in [5.74, 6) is -1.39. The Morgan fingerprint density at radius 1 is 0.654 bits per heavy atom. The highest BCUT2D eigenvalue weighted by molar-refractivity contribution is 5.68. The molecular formula is C17H8F7NO. The van der Waals surface area contributed by atoms with Crippen LogP contribution in [-0.4, -0.2) is 5.16 Å². The minimum Gasteiger partial charge on any atom is -0.352 e. The highest BCUT2D eigenvalue weighted by Crippen LogP contribution is 2.35. The molecule has 26 heavy (non-hydrogen) atoms. The topological polar surface area (TPSA) is 26.0 Å². The van der Waals surface area contributed by atoms with Crippen molar-refractivity contribution in [2.24, 2.45) is 0 Å². The Kier molecular flexibility index (Phi) is 4.25. The van der Waals surface area contributed by atoms with Gasteiger partial charge in [0.15, 0.2) is 5.82 Å². The first-order chi connectivity index (χ1) is 12.1. The monoisotopic (exact) mass is 375 g/mol. The molecule has 0 amide bonds. The van der Waals surface area contributed by atoms with Gasteiger partial charge in [0.2, 0.25) is 5.76 Å². The molecule has 0 saturated carbocycles. The second kappa shape index (κ2) is 6.15. The molecule has 2 aromatic carbocycles. The molecule has 9 heteroatoms. The smallest absolute Gasteiger partial charge is 0.352 e. The molecule has 1 aromatic heterocycles. The van der Waals surface area contributed by atoms with Gasteiger partial charge in [0.1, 0.15) is 5.69 Å². The van der Waals surface area contributed by atoms with Crippen LogP contribution in [0.5, 0.6) is 0 Å². The number of rotatable bonds is 2. The van der Waals surface area contributed by atoms with Crippen molar-refractivity contribution in [3.05, 3.63) is 65.5 Å². The third-order valence-electron chi connectivity index (χ3n) is 3.60. The van der Waals surface area contributed by atoms with Crippen molar-refractivity contribution in [1.29, 1.82) is 0 Å². The summed E-state index contributed by atoms with van der Waals surface area (Å²) in [5, 5.41) is 3.47. The summed E-state index contributed by atoms with van der Waals surface area (Å²) >= 11 is 0. The molecule has 0 aliphatic rings. The molecule has 1 heterocycles. The molecule has 3 rings (SSSR count). The minimum atomic E-state index is -4.54. The number of hydrogen-bond acceptors (Lipinski definition) is 2. The van der Waals surface area contributed by atoms with E-state index in [9.17, 15) is 30.7 Å². The van der Waals surface area contributed by atoms with Crippen LogP contribution in [-0.2, 0) is 12.4 Å². The third kappa shape index (κ3) is 3.42. The molecule has 0 N–H and O–H groups in total. The van der Waals surface area contributed by atoms with E-state index < -0.39 is 35.1 Å². The zero-order valence-electron chi connectivity index (χ0n) is 12.6. The van der Waals surface area contributed by atoms with Gasteiger partial charge in [-0.25, -0.2) is 4.39 Å². The van der Waals surface area contributed by atoms with Gasteiger partial charge >= 0.3 is 12.4 Å². The predicted molar refractivity (Wildman–Crippen MR) is 77.3 cm³/mol. The van der Waals surface area contributed by atoms with Crippen molar-refractivity contribution in [3.8, 4) is 22.6 Å². The zero-order valence-corrected chi connectivity index (χ0v) is 12.6. The van der Waals surface area contributed by atoms with Crippen LogP contribution < -0.4 is 0 Å². The normalized spacial score (nSPS) is 12.4. The number of benzene rings is 2. The van der Waals surface area contributed by atoms with Crippen molar-refractivity contribution in [3.63, 3.8) is 0 Å². The zero-order chi connectivity index (χ0) is 19.1. The molecule has 0 aliphatic carbocycles. The first-order valence-electron chi connectivity index (χ1n) is 7.08. The summed E-state index contributed by atoms with van der Waals surface area (Å²) in [6.07, 6.45) is -9.07. The van der Waals surface area contributed by atoms with Gasteiger partial charge in [-0.2, -0.15) is 26.3 Å². The van der Waals surface area contributed by atoms with Gasteiger partial charge < -0.3 is 4.52 Å². The second-order valence-corrected chi connectivity index (χ2v) is 5.32. The van der Waals surface area contributed by atoms with E-state index in [0.717, 1.165) is 48.5 Å². The van der Waals surface area contributed by atoms with E-state index in [4.69, 9.17) is 4.52 Å². The van der Waals surface area contributed by atoms with Crippen molar-refractivity contribution < 1.29 is 35.3 Å². The third-order valence-corrected chi connectivity index (χ3v) is 3.60. The van der Waals surface area contributed by atoms with Gasteiger partial charge in [-0.15, -0.1) is 0 Å². The van der Waals surface area contributed by atoms with Crippen LogP contribution in [0.3, 0.4) is 0 Å². The average molecular weight is 375 g/mol. The first kappa shape index (κ1) is 18.0. The summed E-state index contributed by atoms with van der Waals surface area (Å²) in [4.78, 5) is 0. The molecule has 0 atom stereocenters. The molecule has 136 valence electrons. The lowest BCUT2D eigenvalue weighted by molar-refractivity contribution is -0.138. The van der Waals surface area contributed by atoms with Crippen molar-refractivity contribution >= 4 is 0 Å². The maximum absolute atomic E-state index is 14.5. The molecule has 0 saturated heterocycles. The van der Waals surface area contributed by atoms with Gasteiger partial charge in [-0.3, -0.25) is 0 Å². The van der Waals surface area contributed by atoms with E-state index >= 15 is 0 Å². The Hall–Kier alpha value is -2.84. The first-order valence-corrected chi connectivity index (χ1v) is 7.08. The fraction of sp³-hybridized carbons (Fsp3) is 0.118. The lowest BCUT2D eigenvalue weighted by atomic mass is 10.1. The molecule has 0 radical (unpaired) electrons. The van der Waals surface area contributed by atoms with Crippen LogP contribution in [0.25, 0.3) is 22.6 Å². The summed E-state index contributed by atoms with van der Waals surface area (Å²) < 4.78 is 94.6. The standard InChI is InChI=1S/C17H8F7NO/c18-13-14(9-1-5-11(6-2-9)16(19,20)21)25-26-15(13)10-3-7-12(8-4-10)17(22,23)24/h1-8H. The molecule has 0 spiro atoms. The highest BCUT2D eigenvalue weighted by Gasteiger charge is 2.31. The van der Waals surface area contributed by atoms with Gasteiger partial charge in [0.05, 0.1) is 11.1 Å². The fourth-order valence-corrected chi connectivity index (χ4v) is 2.27. The van der Waals surface area contributed by atoms with E-state index in [1.807, 2.05) is 0 Å². The SMILES string of the molecule is Fc1c(-c2ccc(C(F)(F)F)cc2)noc1-c1ccc(C(F)(F)F)cc1.